The van der Waals surface area contributed by atoms with Gasteiger partial charge >= 0.3 is 0 Å². The van der Waals surface area contributed by atoms with E-state index in [4.69, 9.17) is 11.6 Å². The number of rotatable bonds is 4. The van der Waals surface area contributed by atoms with Gasteiger partial charge in [0, 0.05) is 12.6 Å². The summed E-state index contributed by atoms with van der Waals surface area (Å²) in [5.74, 6) is -0.478. The van der Waals surface area contributed by atoms with Crippen molar-refractivity contribution in [3.05, 3.63) is 33.1 Å². The lowest BCUT2D eigenvalue weighted by Gasteiger charge is -2.32. The largest absolute Gasteiger partial charge is 0.348 e. The number of likely N-dealkylation sites (tertiary alicyclic amines) is 1. The number of nitrogens with one attached hydrogen (secondary N) is 1. The van der Waals surface area contributed by atoms with Crippen molar-refractivity contribution in [2.45, 2.75) is 25.8 Å². The van der Waals surface area contributed by atoms with Gasteiger partial charge in [0.05, 0.1) is 4.92 Å². The maximum absolute atomic E-state index is 12.3. The highest BCUT2D eigenvalue weighted by atomic mass is 35.5. The number of amides is 1. The monoisotopic (exact) mass is 312 g/mol. The molecule has 1 fully saturated rings. The maximum Gasteiger partial charge on any atom is 0.300 e. The Bertz CT molecular complexity index is 552. The van der Waals surface area contributed by atoms with Crippen molar-refractivity contribution in [1.82, 2.24) is 15.2 Å². The average molecular weight is 313 g/mol. The van der Waals surface area contributed by atoms with E-state index in [2.05, 4.69) is 22.1 Å². The van der Waals surface area contributed by atoms with Crippen LogP contribution in [0, 0.1) is 10.1 Å². The number of piperidine rings is 1. The van der Waals surface area contributed by atoms with Crippen LogP contribution in [-0.2, 0) is 0 Å². The maximum atomic E-state index is 12.3. The first kappa shape index (κ1) is 15.7. The Hall–Kier alpha value is -1.73. The van der Waals surface area contributed by atoms with Crippen molar-refractivity contribution >= 4 is 23.2 Å². The summed E-state index contributed by atoms with van der Waals surface area (Å²) in [4.78, 5) is 28.5. The molecule has 0 spiro atoms. The normalized spacial score (nSPS) is 19.2. The van der Waals surface area contributed by atoms with Crippen LogP contribution in [-0.4, -0.2) is 46.4 Å². The number of hydrogen-bond donors (Lipinski definition) is 1. The van der Waals surface area contributed by atoms with Crippen LogP contribution in [0.5, 0.6) is 0 Å². The molecular weight excluding hydrogens is 296 g/mol. The van der Waals surface area contributed by atoms with Crippen LogP contribution in [0.2, 0.25) is 5.15 Å². The van der Waals surface area contributed by atoms with Crippen LogP contribution in [0.15, 0.2) is 12.3 Å². The summed E-state index contributed by atoms with van der Waals surface area (Å²) in [6, 6.07) is 1.23. The molecule has 7 nitrogen and oxygen atoms in total. The first-order valence-corrected chi connectivity index (χ1v) is 7.22. The molecule has 1 aliphatic heterocycles. The zero-order chi connectivity index (χ0) is 15.4. The molecule has 21 heavy (non-hydrogen) atoms. The smallest absolute Gasteiger partial charge is 0.300 e. The molecule has 1 unspecified atom stereocenters. The van der Waals surface area contributed by atoms with Crippen LogP contribution < -0.4 is 5.32 Å². The van der Waals surface area contributed by atoms with E-state index in [-0.39, 0.29) is 22.4 Å². The topological polar surface area (TPSA) is 88.4 Å². The van der Waals surface area contributed by atoms with Crippen LogP contribution in [0.25, 0.3) is 0 Å². The third-order valence-corrected chi connectivity index (χ3v) is 3.79. The molecule has 8 heteroatoms. The van der Waals surface area contributed by atoms with Crippen LogP contribution >= 0.6 is 11.6 Å². The SMILES string of the molecule is CCN1CCCC(NC(=O)c2cc(Cl)ncc2[N+](=O)[O-])C1. The lowest BCUT2D eigenvalue weighted by Crippen LogP contribution is -2.47. The lowest BCUT2D eigenvalue weighted by molar-refractivity contribution is -0.385. The Kier molecular flexibility index (Phi) is 5.08. The van der Waals surface area contributed by atoms with Gasteiger partial charge in [0.25, 0.3) is 11.6 Å². The molecule has 1 aliphatic rings. The Morgan fingerprint density at radius 3 is 3.10 bits per heavy atom. The zero-order valence-electron chi connectivity index (χ0n) is 11.7. The molecule has 0 saturated carbocycles. The molecule has 0 aromatic carbocycles. The number of pyridine rings is 1. The highest BCUT2D eigenvalue weighted by Gasteiger charge is 2.25. The Balaban J connectivity index is 2.13. The van der Waals surface area contributed by atoms with E-state index >= 15 is 0 Å². The van der Waals surface area contributed by atoms with E-state index in [0.29, 0.717) is 0 Å². The van der Waals surface area contributed by atoms with Gasteiger partial charge in [-0.15, -0.1) is 0 Å². The van der Waals surface area contributed by atoms with E-state index in [0.717, 1.165) is 38.7 Å². The standard InChI is InChI=1S/C13H17ClN4O3/c1-2-17-5-3-4-9(8-17)16-13(19)10-6-12(14)15-7-11(10)18(20)21/h6-7,9H,2-5,8H2,1H3,(H,16,19). The summed E-state index contributed by atoms with van der Waals surface area (Å²) in [6.07, 6.45) is 2.88. The predicted octanol–water partition coefficient (Wildman–Crippen LogP) is 1.86. The number of aromatic nitrogens is 1. The molecule has 1 atom stereocenters. The molecule has 0 radical (unpaired) electrons. The van der Waals surface area contributed by atoms with Crippen molar-refractivity contribution in [1.29, 1.82) is 0 Å². The Labute approximate surface area is 127 Å². The van der Waals surface area contributed by atoms with Gasteiger partial charge in [-0.1, -0.05) is 18.5 Å². The van der Waals surface area contributed by atoms with E-state index in [1.54, 1.807) is 0 Å². The molecular formula is C13H17ClN4O3. The van der Waals surface area contributed by atoms with Crippen LogP contribution in [0.3, 0.4) is 0 Å². The highest BCUT2D eigenvalue weighted by molar-refractivity contribution is 6.29. The van der Waals surface area contributed by atoms with Gasteiger partial charge in [-0.2, -0.15) is 0 Å². The highest BCUT2D eigenvalue weighted by Crippen LogP contribution is 2.21. The van der Waals surface area contributed by atoms with Crippen molar-refractivity contribution < 1.29 is 9.72 Å². The van der Waals surface area contributed by atoms with E-state index in [9.17, 15) is 14.9 Å². The van der Waals surface area contributed by atoms with Crippen LogP contribution in [0.4, 0.5) is 5.69 Å². The molecule has 1 N–H and O–H groups in total. The second-order valence-electron chi connectivity index (χ2n) is 4.99. The van der Waals surface area contributed by atoms with Gasteiger partial charge in [-0.3, -0.25) is 14.9 Å². The summed E-state index contributed by atoms with van der Waals surface area (Å²) >= 11 is 5.73. The third-order valence-electron chi connectivity index (χ3n) is 3.58. The summed E-state index contributed by atoms with van der Waals surface area (Å²) in [7, 11) is 0. The molecule has 2 rings (SSSR count). The zero-order valence-corrected chi connectivity index (χ0v) is 12.5. The third kappa shape index (κ3) is 3.89. The first-order chi connectivity index (χ1) is 10.0. The van der Waals surface area contributed by atoms with E-state index < -0.39 is 10.8 Å². The molecule has 1 aromatic rings. The Morgan fingerprint density at radius 1 is 1.67 bits per heavy atom. The second-order valence-corrected chi connectivity index (χ2v) is 5.37. The number of carbonyl (C=O) groups is 1. The average Bonchev–Trinajstić information content (AvgIpc) is 2.47. The first-order valence-electron chi connectivity index (χ1n) is 6.84. The molecule has 2 heterocycles. The van der Waals surface area contributed by atoms with Gasteiger partial charge in [-0.25, -0.2) is 4.98 Å². The number of halogens is 1. The molecule has 1 amide bonds. The molecule has 1 aromatic heterocycles. The number of hydrogen-bond acceptors (Lipinski definition) is 5. The fraction of sp³-hybridized carbons (Fsp3) is 0.538. The van der Waals surface area contributed by atoms with E-state index in [1.807, 2.05) is 0 Å². The summed E-state index contributed by atoms with van der Waals surface area (Å²) in [6.45, 7) is 4.77. The summed E-state index contributed by atoms with van der Waals surface area (Å²) in [5.41, 5.74) is -0.381. The molecule has 1 saturated heterocycles. The molecule has 0 bridgehead atoms. The minimum absolute atomic E-state index is 0.00209. The van der Waals surface area contributed by atoms with Gasteiger partial charge in [-0.05, 0) is 32.0 Å². The quantitative estimate of drug-likeness (QED) is 0.521. The number of nitrogens with zero attached hydrogens (tertiary/aromatic N) is 3. The number of carbonyl (C=O) groups excluding carboxylic acids is 1. The van der Waals surface area contributed by atoms with Gasteiger partial charge in [0.15, 0.2) is 0 Å². The second kappa shape index (κ2) is 6.82. The van der Waals surface area contributed by atoms with Gasteiger partial charge in [0.2, 0.25) is 0 Å². The van der Waals surface area contributed by atoms with Crippen molar-refractivity contribution in [3.63, 3.8) is 0 Å². The lowest BCUT2D eigenvalue weighted by atomic mass is 10.1. The van der Waals surface area contributed by atoms with Crippen molar-refractivity contribution in [2.24, 2.45) is 0 Å². The number of nitro groups is 1. The van der Waals surface area contributed by atoms with E-state index in [1.165, 1.54) is 6.07 Å². The van der Waals surface area contributed by atoms with Gasteiger partial charge < -0.3 is 10.2 Å². The summed E-state index contributed by atoms with van der Waals surface area (Å²) in [5, 5.41) is 13.9. The minimum Gasteiger partial charge on any atom is -0.348 e. The minimum atomic E-state index is -0.628. The Morgan fingerprint density at radius 2 is 2.43 bits per heavy atom. The molecule has 114 valence electrons. The van der Waals surface area contributed by atoms with Crippen molar-refractivity contribution in [2.75, 3.05) is 19.6 Å². The van der Waals surface area contributed by atoms with Crippen LogP contribution in [0.1, 0.15) is 30.1 Å². The fourth-order valence-corrected chi connectivity index (χ4v) is 2.63. The van der Waals surface area contributed by atoms with Crippen molar-refractivity contribution in [3.8, 4) is 0 Å². The summed E-state index contributed by atoms with van der Waals surface area (Å²) < 4.78 is 0. The molecule has 0 aliphatic carbocycles. The number of likely N-dealkylation sites (N-methyl/N-ethyl adjacent to an activating group) is 1. The fourth-order valence-electron chi connectivity index (χ4n) is 2.47. The predicted molar refractivity (Wildman–Crippen MR) is 78.5 cm³/mol. The van der Waals surface area contributed by atoms with Gasteiger partial charge in [0.1, 0.15) is 16.9 Å².